The minimum Gasteiger partial charge on any atom is -0.357 e. The average molecular weight is 504 g/mol. The van der Waals surface area contributed by atoms with Gasteiger partial charge in [-0.25, -0.2) is 4.98 Å². The Balaban J connectivity index is 1.12. The van der Waals surface area contributed by atoms with Crippen LogP contribution in [0, 0.1) is 5.92 Å². The molecule has 1 aromatic carbocycles. The standard InChI is InChI=1S/C29H34ClN5O/c1-21-9-16-35(17-10-21)27-8-7-22(18-32-27)20-34-14-11-24(12-15-34)33-29(36)26-6-2-5-25(28(26)30)23-4-3-13-31-19-23/h2-8,13,18-19,21,24H,9-12,14-17,20H2,1H3,(H,33,36). The summed E-state index contributed by atoms with van der Waals surface area (Å²) in [5, 5.41) is 3.67. The summed E-state index contributed by atoms with van der Waals surface area (Å²) in [7, 11) is 0. The van der Waals surface area contributed by atoms with E-state index < -0.39 is 0 Å². The Morgan fingerprint density at radius 3 is 2.50 bits per heavy atom. The van der Waals surface area contributed by atoms with E-state index in [2.05, 4.69) is 39.2 Å². The number of likely N-dealkylation sites (tertiary alicyclic amines) is 1. The Labute approximate surface area is 218 Å². The highest BCUT2D eigenvalue weighted by Gasteiger charge is 2.23. The highest BCUT2D eigenvalue weighted by molar-refractivity contribution is 6.36. The molecule has 1 N–H and O–H groups in total. The van der Waals surface area contributed by atoms with Crippen LogP contribution < -0.4 is 10.2 Å². The Bertz CT molecular complexity index is 1150. The molecule has 0 aliphatic carbocycles. The number of anilines is 1. The van der Waals surface area contributed by atoms with Crippen molar-refractivity contribution in [2.24, 2.45) is 5.92 Å². The van der Waals surface area contributed by atoms with Crippen molar-refractivity contribution in [1.29, 1.82) is 0 Å². The quantitative estimate of drug-likeness (QED) is 0.486. The number of pyridine rings is 2. The van der Waals surface area contributed by atoms with Crippen LogP contribution in [-0.2, 0) is 6.54 Å². The maximum atomic E-state index is 13.0. The third-order valence-electron chi connectivity index (χ3n) is 7.46. The lowest BCUT2D eigenvalue weighted by Crippen LogP contribution is -2.44. The Kier molecular flexibility index (Phi) is 7.83. The number of piperidine rings is 2. The van der Waals surface area contributed by atoms with Crippen molar-refractivity contribution in [3.05, 3.63) is 77.2 Å². The van der Waals surface area contributed by atoms with E-state index >= 15 is 0 Å². The molecule has 1 amide bonds. The molecule has 0 atom stereocenters. The van der Waals surface area contributed by atoms with Gasteiger partial charge in [-0.3, -0.25) is 14.7 Å². The summed E-state index contributed by atoms with van der Waals surface area (Å²) >= 11 is 6.63. The summed E-state index contributed by atoms with van der Waals surface area (Å²) in [5.41, 5.74) is 3.47. The molecule has 7 heteroatoms. The zero-order valence-corrected chi connectivity index (χ0v) is 21.6. The van der Waals surface area contributed by atoms with E-state index in [1.165, 1.54) is 18.4 Å². The molecule has 36 heavy (non-hydrogen) atoms. The molecule has 4 heterocycles. The van der Waals surface area contributed by atoms with E-state index in [0.29, 0.717) is 10.6 Å². The largest absolute Gasteiger partial charge is 0.357 e. The van der Waals surface area contributed by atoms with E-state index in [-0.39, 0.29) is 11.9 Å². The third-order valence-corrected chi connectivity index (χ3v) is 7.87. The van der Waals surface area contributed by atoms with Gasteiger partial charge in [-0.05, 0) is 55.4 Å². The molecule has 3 aromatic rings. The molecule has 5 rings (SSSR count). The van der Waals surface area contributed by atoms with Crippen LogP contribution >= 0.6 is 11.6 Å². The van der Waals surface area contributed by atoms with Crippen molar-refractivity contribution >= 4 is 23.3 Å². The Morgan fingerprint density at radius 2 is 1.81 bits per heavy atom. The zero-order valence-electron chi connectivity index (χ0n) is 20.9. The number of rotatable bonds is 6. The number of nitrogens with one attached hydrogen (secondary N) is 1. The molecule has 2 aliphatic rings. The van der Waals surface area contributed by atoms with Gasteiger partial charge in [0, 0.05) is 68.5 Å². The summed E-state index contributed by atoms with van der Waals surface area (Å²) in [6.45, 7) is 7.32. The van der Waals surface area contributed by atoms with E-state index in [9.17, 15) is 4.79 Å². The molecular formula is C29H34ClN5O. The number of aromatic nitrogens is 2. The first-order valence-electron chi connectivity index (χ1n) is 13.0. The van der Waals surface area contributed by atoms with Crippen LogP contribution in [-0.4, -0.2) is 53.0 Å². The summed E-state index contributed by atoms with van der Waals surface area (Å²) in [6, 6.07) is 13.9. The molecular weight excluding hydrogens is 470 g/mol. The van der Waals surface area contributed by atoms with E-state index in [1.54, 1.807) is 18.5 Å². The molecule has 0 spiro atoms. The highest BCUT2D eigenvalue weighted by Crippen LogP contribution is 2.30. The molecule has 0 saturated carbocycles. The molecule has 6 nitrogen and oxygen atoms in total. The number of halogens is 1. The minimum absolute atomic E-state index is 0.115. The van der Waals surface area contributed by atoms with Crippen LogP contribution in [0.4, 0.5) is 5.82 Å². The van der Waals surface area contributed by atoms with Crippen molar-refractivity contribution in [2.45, 2.75) is 45.2 Å². The molecule has 188 valence electrons. The van der Waals surface area contributed by atoms with Crippen molar-refractivity contribution in [2.75, 3.05) is 31.1 Å². The van der Waals surface area contributed by atoms with Gasteiger partial charge in [0.2, 0.25) is 0 Å². The maximum absolute atomic E-state index is 13.0. The molecule has 0 unspecified atom stereocenters. The lowest BCUT2D eigenvalue weighted by atomic mass is 9.99. The van der Waals surface area contributed by atoms with Gasteiger partial charge in [-0.2, -0.15) is 0 Å². The molecule has 2 aromatic heterocycles. The van der Waals surface area contributed by atoms with Crippen LogP contribution in [0.2, 0.25) is 5.02 Å². The number of hydrogen-bond acceptors (Lipinski definition) is 5. The maximum Gasteiger partial charge on any atom is 0.253 e. The smallest absolute Gasteiger partial charge is 0.253 e. The van der Waals surface area contributed by atoms with Gasteiger partial charge < -0.3 is 10.2 Å². The summed E-state index contributed by atoms with van der Waals surface area (Å²) in [6.07, 6.45) is 9.84. The summed E-state index contributed by atoms with van der Waals surface area (Å²) < 4.78 is 0. The fraction of sp³-hybridized carbons (Fsp3) is 0.414. The average Bonchev–Trinajstić information content (AvgIpc) is 2.91. The van der Waals surface area contributed by atoms with Gasteiger partial charge in [-0.15, -0.1) is 0 Å². The van der Waals surface area contributed by atoms with Crippen molar-refractivity contribution in [1.82, 2.24) is 20.2 Å². The van der Waals surface area contributed by atoms with Crippen molar-refractivity contribution < 1.29 is 4.79 Å². The number of nitrogens with zero attached hydrogens (tertiary/aromatic N) is 4. The van der Waals surface area contributed by atoms with Gasteiger partial charge in [0.15, 0.2) is 0 Å². The second-order valence-corrected chi connectivity index (χ2v) is 10.5. The lowest BCUT2D eigenvalue weighted by molar-refractivity contribution is 0.0909. The van der Waals surface area contributed by atoms with Crippen LogP contribution in [0.25, 0.3) is 11.1 Å². The Hall–Kier alpha value is -2.96. The molecule has 2 aliphatic heterocycles. The predicted molar refractivity (Wildman–Crippen MR) is 145 cm³/mol. The fourth-order valence-electron chi connectivity index (χ4n) is 5.14. The number of amides is 1. The zero-order chi connectivity index (χ0) is 24.9. The summed E-state index contributed by atoms with van der Waals surface area (Å²) in [5.74, 6) is 1.80. The van der Waals surface area contributed by atoms with E-state index in [4.69, 9.17) is 16.6 Å². The van der Waals surface area contributed by atoms with E-state index in [1.807, 2.05) is 30.5 Å². The topological polar surface area (TPSA) is 61.4 Å². The number of carbonyl (C=O) groups is 1. The molecule has 2 saturated heterocycles. The molecule has 0 bridgehead atoms. The van der Waals surface area contributed by atoms with Crippen molar-refractivity contribution in [3.63, 3.8) is 0 Å². The first-order chi connectivity index (χ1) is 17.6. The molecule has 0 radical (unpaired) electrons. The van der Waals surface area contributed by atoms with Crippen molar-refractivity contribution in [3.8, 4) is 11.1 Å². The second kappa shape index (κ2) is 11.4. The summed E-state index contributed by atoms with van der Waals surface area (Å²) in [4.78, 5) is 26.8. The second-order valence-electron chi connectivity index (χ2n) is 10.1. The number of benzene rings is 1. The normalized spacial score (nSPS) is 17.8. The van der Waals surface area contributed by atoms with Crippen LogP contribution in [0.15, 0.2) is 61.1 Å². The van der Waals surface area contributed by atoms with Gasteiger partial charge >= 0.3 is 0 Å². The van der Waals surface area contributed by atoms with Crippen LogP contribution in [0.1, 0.15) is 48.5 Å². The van der Waals surface area contributed by atoms with Crippen LogP contribution in [0.3, 0.4) is 0 Å². The minimum atomic E-state index is -0.115. The van der Waals surface area contributed by atoms with Crippen LogP contribution in [0.5, 0.6) is 0 Å². The third kappa shape index (κ3) is 5.88. The first-order valence-corrected chi connectivity index (χ1v) is 13.4. The Morgan fingerprint density at radius 1 is 1.00 bits per heavy atom. The monoisotopic (exact) mass is 503 g/mol. The first kappa shape index (κ1) is 24.7. The SMILES string of the molecule is CC1CCN(c2ccc(CN3CCC(NC(=O)c4cccc(-c5cccnc5)c4Cl)CC3)cn2)CC1. The predicted octanol–water partition coefficient (Wildman–Crippen LogP) is 5.43. The van der Waals surface area contributed by atoms with E-state index in [0.717, 1.165) is 68.4 Å². The fourth-order valence-corrected chi connectivity index (χ4v) is 5.47. The molecule has 2 fully saturated rings. The van der Waals surface area contributed by atoms with Gasteiger partial charge in [0.05, 0.1) is 10.6 Å². The van der Waals surface area contributed by atoms with Gasteiger partial charge in [0.1, 0.15) is 5.82 Å². The lowest BCUT2D eigenvalue weighted by Gasteiger charge is -2.33. The number of hydrogen-bond donors (Lipinski definition) is 1. The highest BCUT2D eigenvalue weighted by atomic mass is 35.5. The van der Waals surface area contributed by atoms with Gasteiger partial charge in [0.25, 0.3) is 5.91 Å². The number of carbonyl (C=O) groups excluding carboxylic acids is 1. The van der Waals surface area contributed by atoms with Gasteiger partial charge in [-0.1, -0.05) is 42.8 Å².